The van der Waals surface area contributed by atoms with E-state index in [2.05, 4.69) is 5.32 Å². The van der Waals surface area contributed by atoms with Crippen molar-refractivity contribution in [3.05, 3.63) is 35.9 Å². The number of rotatable bonds is 7. The topological polar surface area (TPSA) is 84.9 Å². The Morgan fingerprint density at radius 1 is 1.26 bits per heavy atom. The van der Waals surface area contributed by atoms with Gasteiger partial charge in [-0.05, 0) is 32.8 Å². The van der Waals surface area contributed by atoms with Crippen molar-refractivity contribution in [1.82, 2.24) is 10.2 Å². The standard InChI is InChI=1S/C20H28N2O5/c1-5-6-12-15(21-18(24)27-20(2,3)4)16-17(23)26-19(25)22(16)13-14-10-8-7-9-11-14/h7-11,15-16H,5-6,12-13H2,1-4H3,(H,21,24)/t15-,16+/m0/s1. The van der Waals surface area contributed by atoms with Gasteiger partial charge in [0.05, 0.1) is 12.6 Å². The Bertz CT molecular complexity index is 669. The zero-order valence-electron chi connectivity index (χ0n) is 16.4. The summed E-state index contributed by atoms with van der Waals surface area (Å²) in [5, 5.41) is 2.76. The molecular formula is C20H28N2O5. The first-order valence-electron chi connectivity index (χ1n) is 9.27. The molecule has 1 N–H and O–H groups in total. The van der Waals surface area contributed by atoms with Gasteiger partial charge in [0.2, 0.25) is 0 Å². The Hall–Kier alpha value is -2.57. The third-order valence-electron chi connectivity index (χ3n) is 4.15. The zero-order valence-corrected chi connectivity index (χ0v) is 16.4. The highest BCUT2D eigenvalue weighted by molar-refractivity contribution is 5.96. The third kappa shape index (κ3) is 5.98. The Morgan fingerprint density at radius 2 is 1.93 bits per heavy atom. The van der Waals surface area contributed by atoms with E-state index >= 15 is 0 Å². The van der Waals surface area contributed by atoms with Gasteiger partial charge in [-0.25, -0.2) is 14.4 Å². The molecule has 0 aromatic heterocycles. The minimum atomic E-state index is -0.878. The lowest BCUT2D eigenvalue weighted by Gasteiger charge is -2.29. The number of carbonyl (C=O) groups excluding carboxylic acids is 3. The van der Waals surface area contributed by atoms with Gasteiger partial charge in [-0.1, -0.05) is 50.1 Å². The molecule has 1 aliphatic heterocycles. The van der Waals surface area contributed by atoms with Crippen molar-refractivity contribution in [3.8, 4) is 0 Å². The Kier molecular flexibility index (Phi) is 6.82. The van der Waals surface area contributed by atoms with E-state index < -0.39 is 35.8 Å². The molecule has 1 heterocycles. The second-order valence-electron chi connectivity index (χ2n) is 7.64. The summed E-state index contributed by atoms with van der Waals surface area (Å²) >= 11 is 0. The van der Waals surface area contributed by atoms with E-state index in [4.69, 9.17) is 9.47 Å². The van der Waals surface area contributed by atoms with Crippen molar-refractivity contribution in [1.29, 1.82) is 0 Å². The fourth-order valence-corrected chi connectivity index (χ4v) is 2.96. The molecule has 27 heavy (non-hydrogen) atoms. The van der Waals surface area contributed by atoms with E-state index in [-0.39, 0.29) is 6.54 Å². The molecule has 1 fully saturated rings. The highest BCUT2D eigenvalue weighted by atomic mass is 16.6. The molecule has 0 saturated carbocycles. The maximum Gasteiger partial charge on any atom is 0.418 e. The first-order valence-corrected chi connectivity index (χ1v) is 9.27. The predicted octanol–water partition coefficient (Wildman–Crippen LogP) is 3.62. The quantitative estimate of drug-likeness (QED) is 0.580. The molecule has 1 aliphatic rings. The van der Waals surface area contributed by atoms with E-state index in [1.165, 1.54) is 4.90 Å². The van der Waals surface area contributed by atoms with Crippen LogP contribution < -0.4 is 5.32 Å². The third-order valence-corrected chi connectivity index (χ3v) is 4.15. The van der Waals surface area contributed by atoms with E-state index in [0.717, 1.165) is 18.4 Å². The van der Waals surface area contributed by atoms with Crippen LogP contribution in [0.4, 0.5) is 9.59 Å². The molecule has 2 rings (SSSR count). The van der Waals surface area contributed by atoms with Crippen LogP contribution in [0.1, 0.15) is 52.5 Å². The number of unbranched alkanes of at least 4 members (excludes halogenated alkanes) is 1. The minimum absolute atomic E-state index is 0.231. The zero-order chi connectivity index (χ0) is 20.0. The SMILES string of the molecule is CCCC[C@H](NC(=O)OC(C)(C)C)[C@@H]1C(=O)OC(=O)N1Cc1ccccc1. The van der Waals surface area contributed by atoms with E-state index in [1.54, 1.807) is 20.8 Å². The summed E-state index contributed by atoms with van der Waals surface area (Å²) in [6.07, 6.45) is 0.906. The van der Waals surface area contributed by atoms with Gasteiger partial charge in [0.25, 0.3) is 0 Å². The Balaban J connectivity index is 2.20. The summed E-state index contributed by atoms with van der Waals surface area (Å²) in [6.45, 7) is 7.55. The molecular weight excluding hydrogens is 348 g/mol. The van der Waals surface area contributed by atoms with Crippen LogP contribution in [0.5, 0.6) is 0 Å². The van der Waals surface area contributed by atoms with Crippen molar-refractivity contribution < 1.29 is 23.9 Å². The monoisotopic (exact) mass is 376 g/mol. The van der Waals surface area contributed by atoms with Crippen LogP contribution in [0, 0.1) is 0 Å². The average Bonchev–Trinajstić information content (AvgIpc) is 2.84. The molecule has 0 unspecified atom stereocenters. The van der Waals surface area contributed by atoms with Gasteiger partial charge in [-0.2, -0.15) is 0 Å². The Labute approximate surface area is 160 Å². The fraction of sp³-hybridized carbons (Fsp3) is 0.550. The molecule has 0 spiro atoms. The number of esters is 1. The number of ether oxygens (including phenoxy) is 2. The van der Waals surface area contributed by atoms with Gasteiger partial charge in [-0.3, -0.25) is 4.90 Å². The van der Waals surface area contributed by atoms with Gasteiger partial charge < -0.3 is 14.8 Å². The minimum Gasteiger partial charge on any atom is -0.444 e. The number of amides is 2. The number of benzene rings is 1. The van der Waals surface area contributed by atoms with Crippen molar-refractivity contribution in [2.75, 3.05) is 0 Å². The molecule has 0 bridgehead atoms. The van der Waals surface area contributed by atoms with Crippen molar-refractivity contribution in [2.45, 2.75) is 71.2 Å². The smallest absolute Gasteiger partial charge is 0.418 e. The van der Waals surface area contributed by atoms with Crippen LogP contribution >= 0.6 is 0 Å². The molecule has 1 saturated heterocycles. The van der Waals surface area contributed by atoms with Gasteiger partial charge in [0.1, 0.15) is 5.60 Å². The molecule has 0 radical (unpaired) electrons. The van der Waals surface area contributed by atoms with Crippen LogP contribution in [-0.2, 0) is 20.8 Å². The molecule has 7 nitrogen and oxygen atoms in total. The first-order chi connectivity index (χ1) is 12.7. The maximum atomic E-state index is 12.4. The number of cyclic esters (lactones) is 2. The van der Waals surface area contributed by atoms with E-state index in [1.807, 2.05) is 37.3 Å². The summed E-state index contributed by atoms with van der Waals surface area (Å²) in [6, 6.07) is 7.88. The van der Waals surface area contributed by atoms with E-state index in [9.17, 15) is 14.4 Å². The molecule has 2 atom stereocenters. The number of nitrogens with zero attached hydrogens (tertiary/aromatic N) is 1. The Morgan fingerprint density at radius 3 is 2.52 bits per heavy atom. The second kappa shape index (κ2) is 8.88. The summed E-state index contributed by atoms with van der Waals surface area (Å²) in [5.74, 6) is -0.645. The van der Waals surface area contributed by atoms with Crippen LogP contribution in [0.15, 0.2) is 30.3 Å². The highest BCUT2D eigenvalue weighted by Gasteiger charge is 2.46. The van der Waals surface area contributed by atoms with Gasteiger partial charge in [-0.15, -0.1) is 0 Å². The largest absolute Gasteiger partial charge is 0.444 e. The maximum absolute atomic E-state index is 12.4. The summed E-state index contributed by atoms with van der Waals surface area (Å²) in [5.41, 5.74) is 0.218. The average molecular weight is 376 g/mol. The van der Waals surface area contributed by atoms with Crippen LogP contribution in [0.2, 0.25) is 0 Å². The fourth-order valence-electron chi connectivity index (χ4n) is 2.96. The second-order valence-corrected chi connectivity index (χ2v) is 7.64. The normalized spacial score (nSPS) is 18.2. The molecule has 7 heteroatoms. The molecule has 1 aromatic rings. The number of carbonyl (C=O) groups is 3. The van der Waals surface area contributed by atoms with Crippen LogP contribution in [0.25, 0.3) is 0 Å². The van der Waals surface area contributed by atoms with E-state index in [0.29, 0.717) is 6.42 Å². The lowest BCUT2D eigenvalue weighted by molar-refractivity contribution is -0.136. The first kappa shape index (κ1) is 20.7. The lowest BCUT2D eigenvalue weighted by atomic mass is 10.0. The van der Waals surface area contributed by atoms with Crippen LogP contribution in [0.3, 0.4) is 0 Å². The lowest BCUT2D eigenvalue weighted by Crippen LogP contribution is -2.53. The number of hydrogen-bond donors (Lipinski definition) is 1. The number of alkyl carbamates (subject to hydrolysis) is 1. The molecule has 1 aromatic carbocycles. The van der Waals surface area contributed by atoms with Crippen molar-refractivity contribution in [3.63, 3.8) is 0 Å². The number of hydrogen-bond acceptors (Lipinski definition) is 5. The van der Waals surface area contributed by atoms with Gasteiger partial charge >= 0.3 is 18.2 Å². The van der Waals surface area contributed by atoms with Crippen LogP contribution in [-0.4, -0.2) is 40.7 Å². The molecule has 2 amide bonds. The molecule has 148 valence electrons. The molecule has 0 aliphatic carbocycles. The summed E-state index contributed by atoms with van der Waals surface area (Å²) in [4.78, 5) is 38.2. The predicted molar refractivity (Wildman–Crippen MR) is 99.9 cm³/mol. The van der Waals surface area contributed by atoms with Crippen molar-refractivity contribution >= 4 is 18.2 Å². The van der Waals surface area contributed by atoms with Gasteiger partial charge in [0.15, 0.2) is 6.04 Å². The van der Waals surface area contributed by atoms with Crippen molar-refractivity contribution in [2.24, 2.45) is 0 Å². The summed E-state index contributed by atoms with van der Waals surface area (Å²) in [7, 11) is 0. The number of nitrogens with one attached hydrogen (secondary N) is 1. The highest BCUT2D eigenvalue weighted by Crippen LogP contribution is 2.23. The van der Waals surface area contributed by atoms with Gasteiger partial charge in [0, 0.05) is 0 Å². The summed E-state index contributed by atoms with van der Waals surface area (Å²) < 4.78 is 10.2.